The lowest BCUT2D eigenvalue weighted by Crippen LogP contribution is -2.20. The van der Waals surface area contributed by atoms with Crippen LogP contribution in [0.5, 0.6) is 0 Å². The van der Waals surface area contributed by atoms with Gasteiger partial charge in [0.1, 0.15) is 0 Å². The maximum absolute atomic E-state index is 10.9. The molecule has 1 aromatic carbocycles. The van der Waals surface area contributed by atoms with Crippen molar-refractivity contribution in [3.8, 4) is 0 Å². The Kier molecular flexibility index (Phi) is 8.90. The van der Waals surface area contributed by atoms with Gasteiger partial charge in [-0.3, -0.25) is 0 Å². The minimum atomic E-state index is -0.954. The fourth-order valence-corrected chi connectivity index (χ4v) is 3.76. The average molecular weight is 389 g/mol. The Morgan fingerprint density at radius 2 is 1.89 bits per heavy atom. The first-order valence-corrected chi connectivity index (χ1v) is 10.1. The van der Waals surface area contributed by atoms with E-state index < -0.39 is 24.3 Å². The summed E-state index contributed by atoms with van der Waals surface area (Å²) in [6.45, 7) is 2.12. The number of hydrogen-bond donors (Lipinski definition) is 4. The number of allylic oxidation sites excluding steroid dienone is 1. The summed E-state index contributed by atoms with van der Waals surface area (Å²) in [4.78, 5) is 10.9. The third-order valence-corrected chi connectivity index (χ3v) is 5.45. The molecule has 0 heterocycles. The molecule has 1 aliphatic rings. The van der Waals surface area contributed by atoms with Crippen LogP contribution in [-0.4, -0.2) is 44.7 Å². The van der Waals surface area contributed by atoms with Crippen molar-refractivity contribution in [2.75, 3.05) is 0 Å². The molecule has 5 unspecified atom stereocenters. The summed E-state index contributed by atoms with van der Waals surface area (Å²) in [6.07, 6.45) is 10.6. The Morgan fingerprint density at radius 1 is 1.18 bits per heavy atom. The van der Waals surface area contributed by atoms with Crippen molar-refractivity contribution in [1.82, 2.24) is 0 Å². The van der Waals surface area contributed by atoms with E-state index in [0.717, 1.165) is 24.8 Å². The normalized spacial score (nSPS) is 26.3. The van der Waals surface area contributed by atoms with E-state index in [4.69, 9.17) is 5.11 Å². The van der Waals surface area contributed by atoms with Crippen LogP contribution >= 0.6 is 0 Å². The quantitative estimate of drug-likeness (QED) is 0.362. The summed E-state index contributed by atoms with van der Waals surface area (Å²) >= 11 is 0. The number of carboxylic acid groups (broad SMARTS) is 1. The van der Waals surface area contributed by atoms with E-state index >= 15 is 0 Å². The van der Waals surface area contributed by atoms with Crippen molar-refractivity contribution in [3.05, 3.63) is 53.6 Å². The Hall–Kier alpha value is -1.95. The van der Waals surface area contributed by atoms with Gasteiger partial charge in [0.15, 0.2) is 0 Å². The molecule has 2 rings (SSSR count). The smallest absolute Gasteiger partial charge is 0.335 e. The highest BCUT2D eigenvalue weighted by Gasteiger charge is 2.39. The number of carbonyl (C=O) groups is 1. The number of aliphatic hydroxyl groups excluding tert-OH is 3. The molecule has 5 heteroatoms. The van der Waals surface area contributed by atoms with Crippen LogP contribution in [0.25, 0.3) is 6.08 Å². The molecule has 154 valence electrons. The number of unbranched alkanes of at least 4 members (excludes halogenated alkanes) is 2. The third-order valence-electron chi connectivity index (χ3n) is 5.45. The van der Waals surface area contributed by atoms with E-state index in [-0.39, 0.29) is 17.4 Å². The predicted octanol–water partition coefficient (Wildman–Crippen LogP) is 3.64. The molecule has 0 amide bonds. The first kappa shape index (κ1) is 22.3. The van der Waals surface area contributed by atoms with Crippen molar-refractivity contribution in [3.63, 3.8) is 0 Å². The molecule has 0 saturated heterocycles. The van der Waals surface area contributed by atoms with Crippen LogP contribution in [0.15, 0.2) is 42.5 Å². The van der Waals surface area contributed by atoms with Gasteiger partial charge in [0, 0.05) is 12.3 Å². The van der Waals surface area contributed by atoms with Gasteiger partial charge in [-0.1, -0.05) is 62.6 Å². The second-order valence-electron chi connectivity index (χ2n) is 7.62. The van der Waals surface area contributed by atoms with Crippen molar-refractivity contribution < 1.29 is 25.2 Å². The minimum Gasteiger partial charge on any atom is -0.478 e. The third kappa shape index (κ3) is 6.59. The second kappa shape index (κ2) is 11.1. The van der Waals surface area contributed by atoms with E-state index in [1.807, 2.05) is 18.2 Å². The van der Waals surface area contributed by atoms with Crippen molar-refractivity contribution in [2.24, 2.45) is 11.8 Å². The van der Waals surface area contributed by atoms with Gasteiger partial charge in [0.05, 0.1) is 23.9 Å². The molecular formula is C23H32O5. The summed E-state index contributed by atoms with van der Waals surface area (Å²) in [5.74, 6) is -1.25. The number of aromatic carboxylic acids is 1. The molecule has 0 bridgehead atoms. The number of hydrogen-bond acceptors (Lipinski definition) is 4. The number of carboxylic acids is 1. The largest absolute Gasteiger partial charge is 0.478 e. The van der Waals surface area contributed by atoms with E-state index in [2.05, 4.69) is 6.92 Å². The maximum atomic E-state index is 10.9. The van der Waals surface area contributed by atoms with Gasteiger partial charge in [0.2, 0.25) is 0 Å². The van der Waals surface area contributed by atoms with Gasteiger partial charge in [-0.25, -0.2) is 4.79 Å². The molecule has 5 nitrogen and oxygen atoms in total. The summed E-state index contributed by atoms with van der Waals surface area (Å²) < 4.78 is 0. The van der Waals surface area contributed by atoms with Gasteiger partial charge in [-0.05, 0) is 36.5 Å². The fourth-order valence-electron chi connectivity index (χ4n) is 3.76. The zero-order valence-corrected chi connectivity index (χ0v) is 16.4. The molecule has 1 aliphatic carbocycles. The lowest BCUT2D eigenvalue weighted by atomic mass is 9.89. The molecule has 1 aromatic rings. The standard InChI is InChI=1S/C23H32O5/c1-2-3-4-7-18(24)13-14-20-19(21(25)15-22(20)26)8-5-6-16-9-11-17(12-10-16)23(27)28/h5-6,9-14,18-22,24-26H,2-4,7-8,15H2,1H3,(H,27,28)/b6-5+,14-13+. The van der Waals surface area contributed by atoms with E-state index in [1.54, 1.807) is 30.3 Å². The summed E-state index contributed by atoms with van der Waals surface area (Å²) in [6, 6.07) is 6.59. The van der Waals surface area contributed by atoms with Crippen molar-refractivity contribution >= 4 is 12.0 Å². The topological polar surface area (TPSA) is 98.0 Å². The Labute approximate surface area is 167 Å². The molecule has 0 radical (unpaired) electrons. The van der Waals surface area contributed by atoms with Crippen LogP contribution < -0.4 is 0 Å². The van der Waals surface area contributed by atoms with E-state index in [0.29, 0.717) is 19.3 Å². The highest BCUT2D eigenvalue weighted by molar-refractivity contribution is 5.87. The van der Waals surface area contributed by atoms with Crippen LogP contribution in [0.2, 0.25) is 0 Å². The lowest BCUT2D eigenvalue weighted by Gasteiger charge is -2.19. The highest BCUT2D eigenvalue weighted by atomic mass is 16.4. The van der Waals surface area contributed by atoms with Crippen molar-refractivity contribution in [1.29, 1.82) is 0 Å². The molecule has 4 N–H and O–H groups in total. The highest BCUT2D eigenvalue weighted by Crippen LogP contribution is 2.36. The van der Waals surface area contributed by atoms with Crippen LogP contribution in [0, 0.1) is 11.8 Å². The van der Waals surface area contributed by atoms with Gasteiger partial charge in [-0.15, -0.1) is 0 Å². The number of aliphatic hydroxyl groups is 3. The van der Waals surface area contributed by atoms with Gasteiger partial charge in [-0.2, -0.15) is 0 Å². The Bertz CT molecular complexity index is 664. The molecule has 28 heavy (non-hydrogen) atoms. The van der Waals surface area contributed by atoms with Crippen LogP contribution in [-0.2, 0) is 0 Å². The number of rotatable bonds is 10. The SMILES string of the molecule is CCCCCC(O)/C=C/C1C(O)CC(O)C1C/C=C/c1ccc(C(=O)O)cc1. The molecule has 0 aliphatic heterocycles. The second-order valence-corrected chi connectivity index (χ2v) is 7.62. The predicted molar refractivity (Wildman–Crippen MR) is 110 cm³/mol. The zero-order valence-electron chi connectivity index (χ0n) is 16.4. The average Bonchev–Trinajstić information content (AvgIpc) is 2.93. The molecule has 5 atom stereocenters. The van der Waals surface area contributed by atoms with Gasteiger partial charge < -0.3 is 20.4 Å². The summed E-state index contributed by atoms with van der Waals surface area (Å²) in [5.41, 5.74) is 1.13. The number of benzene rings is 1. The molecule has 0 aromatic heterocycles. The fraction of sp³-hybridized carbons (Fsp3) is 0.522. The molecule has 1 fully saturated rings. The van der Waals surface area contributed by atoms with Gasteiger partial charge >= 0.3 is 5.97 Å². The zero-order chi connectivity index (χ0) is 20.5. The molecular weight excluding hydrogens is 356 g/mol. The van der Waals surface area contributed by atoms with Crippen molar-refractivity contribution in [2.45, 2.75) is 63.8 Å². The summed E-state index contributed by atoms with van der Waals surface area (Å²) in [7, 11) is 0. The van der Waals surface area contributed by atoms with E-state index in [9.17, 15) is 20.1 Å². The molecule has 1 saturated carbocycles. The van der Waals surface area contributed by atoms with Crippen LogP contribution in [0.1, 0.15) is 61.4 Å². The van der Waals surface area contributed by atoms with E-state index in [1.165, 1.54) is 0 Å². The Morgan fingerprint density at radius 3 is 2.54 bits per heavy atom. The molecule has 0 spiro atoms. The summed E-state index contributed by atoms with van der Waals surface area (Å²) in [5, 5.41) is 39.6. The first-order valence-electron chi connectivity index (χ1n) is 10.1. The lowest BCUT2D eigenvalue weighted by molar-refractivity contribution is 0.0696. The van der Waals surface area contributed by atoms with Crippen LogP contribution in [0.3, 0.4) is 0 Å². The Balaban J connectivity index is 1.94. The maximum Gasteiger partial charge on any atom is 0.335 e. The van der Waals surface area contributed by atoms with Crippen LogP contribution in [0.4, 0.5) is 0 Å². The monoisotopic (exact) mass is 388 g/mol. The minimum absolute atomic E-state index is 0.108. The van der Waals surface area contributed by atoms with Gasteiger partial charge in [0.25, 0.3) is 0 Å². The first-order chi connectivity index (χ1) is 13.4.